The summed E-state index contributed by atoms with van der Waals surface area (Å²) in [6, 6.07) is 0. The lowest BCUT2D eigenvalue weighted by Gasteiger charge is -2.33. The van der Waals surface area contributed by atoms with Crippen molar-refractivity contribution in [2.24, 2.45) is 0 Å². The van der Waals surface area contributed by atoms with Gasteiger partial charge in [0.25, 0.3) is 0 Å². The summed E-state index contributed by atoms with van der Waals surface area (Å²) in [6.45, 7) is 9.40. The molecule has 2 heterocycles. The van der Waals surface area contributed by atoms with Gasteiger partial charge in [0, 0.05) is 58.9 Å². The van der Waals surface area contributed by atoms with Crippen molar-refractivity contribution in [3.8, 4) is 0 Å². The molecule has 2 aliphatic heterocycles. The molecule has 0 aromatic heterocycles. The molecule has 1 unspecified atom stereocenters. The van der Waals surface area contributed by atoms with E-state index in [1.807, 2.05) is 0 Å². The largest absolute Gasteiger partial charge is 0.314 e. The van der Waals surface area contributed by atoms with Gasteiger partial charge in [-0.05, 0) is 14.0 Å². The lowest BCUT2D eigenvalue weighted by atomic mass is 10.3. The highest BCUT2D eigenvalue weighted by molar-refractivity contribution is 7.89. The predicted octanol–water partition coefficient (Wildman–Crippen LogP) is -1.14. The predicted molar refractivity (Wildman–Crippen MR) is 76.8 cm³/mol. The quantitative estimate of drug-likeness (QED) is 0.712. The molecule has 0 aliphatic carbocycles. The Bertz CT molecular complexity index is 379. The Morgan fingerprint density at radius 3 is 2.47 bits per heavy atom. The Morgan fingerprint density at radius 1 is 1.11 bits per heavy atom. The number of hydrogen-bond donors (Lipinski definition) is 1. The molecular weight excluding hydrogens is 264 g/mol. The second-order valence-electron chi connectivity index (χ2n) is 5.60. The molecular formula is C12H26N4O2S. The molecule has 2 rings (SSSR count). The van der Waals surface area contributed by atoms with Crippen LogP contribution in [0.25, 0.3) is 0 Å². The summed E-state index contributed by atoms with van der Waals surface area (Å²) in [4.78, 5) is 4.67. The van der Waals surface area contributed by atoms with Gasteiger partial charge in [0.15, 0.2) is 0 Å². The van der Waals surface area contributed by atoms with Crippen LogP contribution in [0.2, 0.25) is 0 Å². The summed E-state index contributed by atoms with van der Waals surface area (Å²) in [7, 11) is -0.988. The number of sulfonamides is 1. The van der Waals surface area contributed by atoms with Gasteiger partial charge in [-0.25, -0.2) is 8.42 Å². The minimum absolute atomic E-state index is 0.317. The second kappa shape index (κ2) is 6.49. The maximum Gasteiger partial charge on any atom is 0.218 e. The summed E-state index contributed by atoms with van der Waals surface area (Å²) in [5.41, 5.74) is 0. The molecule has 0 aromatic carbocycles. The van der Waals surface area contributed by atoms with Gasteiger partial charge in [-0.2, -0.15) is 4.31 Å². The molecule has 0 bridgehead atoms. The fourth-order valence-corrected chi connectivity index (χ4v) is 4.08. The number of likely N-dealkylation sites (N-methyl/N-ethyl adjacent to an activating group) is 1. The number of piperazine rings is 1. The average molecular weight is 290 g/mol. The third kappa shape index (κ3) is 3.88. The highest BCUT2D eigenvalue weighted by atomic mass is 32.2. The molecule has 1 atom stereocenters. The first-order valence-corrected chi connectivity index (χ1v) is 8.61. The smallest absolute Gasteiger partial charge is 0.218 e. The van der Waals surface area contributed by atoms with E-state index in [0.29, 0.717) is 19.6 Å². The van der Waals surface area contributed by atoms with Crippen molar-refractivity contribution in [3.05, 3.63) is 0 Å². The average Bonchev–Trinajstić information content (AvgIpc) is 2.50. The van der Waals surface area contributed by atoms with Crippen molar-refractivity contribution in [1.29, 1.82) is 0 Å². The Kier molecular flexibility index (Phi) is 5.19. The van der Waals surface area contributed by atoms with Crippen LogP contribution in [0, 0.1) is 0 Å². The van der Waals surface area contributed by atoms with Crippen LogP contribution in [0.5, 0.6) is 0 Å². The van der Waals surface area contributed by atoms with Gasteiger partial charge in [0.1, 0.15) is 0 Å². The number of hydrogen-bond acceptors (Lipinski definition) is 5. The molecule has 1 N–H and O–H groups in total. The van der Waals surface area contributed by atoms with Crippen molar-refractivity contribution in [2.75, 3.05) is 66.0 Å². The highest BCUT2D eigenvalue weighted by Gasteiger charge is 2.30. The van der Waals surface area contributed by atoms with Crippen molar-refractivity contribution in [2.45, 2.75) is 12.2 Å². The second-order valence-corrected chi connectivity index (χ2v) is 7.95. The SMILES string of the molecule is CC1CNCCN(CCN2CCN(C)CC2)S1(=O)=O. The lowest BCUT2D eigenvalue weighted by molar-refractivity contribution is 0.148. The van der Waals surface area contributed by atoms with Gasteiger partial charge in [0.2, 0.25) is 10.0 Å². The van der Waals surface area contributed by atoms with Gasteiger partial charge >= 0.3 is 0 Å². The number of nitrogens with zero attached hydrogens (tertiary/aromatic N) is 3. The van der Waals surface area contributed by atoms with Gasteiger partial charge in [-0.15, -0.1) is 0 Å². The molecule has 7 heteroatoms. The Balaban J connectivity index is 1.87. The summed E-state index contributed by atoms with van der Waals surface area (Å²) in [6.07, 6.45) is 0. The zero-order valence-corrected chi connectivity index (χ0v) is 12.8. The molecule has 0 saturated carbocycles. The van der Waals surface area contributed by atoms with Crippen molar-refractivity contribution < 1.29 is 8.42 Å². The van der Waals surface area contributed by atoms with Gasteiger partial charge in [0.05, 0.1) is 5.25 Å². The van der Waals surface area contributed by atoms with E-state index in [2.05, 4.69) is 22.2 Å². The van der Waals surface area contributed by atoms with Crippen LogP contribution in [0.15, 0.2) is 0 Å². The van der Waals surface area contributed by atoms with E-state index in [1.165, 1.54) is 0 Å². The maximum absolute atomic E-state index is 12.3. The van der Waals surface area contributed by atoms with Crippen LogP contribution >= 0.6 is 0 Å². The fourth-order valence-electron chi connectivity index (χ4n) is 2.56. The molecule has 0 radical (unpaired) electrons. The summed E-state index contributed by atoms with van der Waals surface area (Å²) in [5, 5.41) is 2.87. The van der Waals surface area contributed by atoms with Crippen LogP contribution in [0.4, 0.5) is 0 Å². The molecule has 112 valence electrons. The monoisotopic (exact) mass is 290 g/mol. The number of rotatable bonds is 3. The van der Waals surface area contributed by atoms with E-state index in [0.717, 1.165) is 39.3 Å². The van der Waals surface area contributed by atoms with E-state index in [9.17, 15) is 8.42 Å². The fraction of sp³-hybridized carbons (Fsp3) is 1.00. The van der Waals surface area contributed by atoms with E-state index < -0.39 is 10.0 Å². The lowest BCUT2D eigenvalue weighted by Crippen LogP contribution is -2.48. The first-order chi connectivity index (χ1) is 9.00. The van der Waals surface area contributed by atoms with Crippen LogP contribution in [-0.4, -0.2) is 93.7 Å². The van der Waals surface area contributed by atoms with Crippen molar-refractivity contribution >= 4 is 10.0 Å². The first-order valence-electron chi connectivity index (χ1n) is 7.11. The standard InChI is InChI=1S/C12H26N4O2S/c1-12-11-13-3-4-16(19(12,17)18)10-9-15-7-5-14(2)6-8-15/h12-13H,3-11H2,1-2H3. The van der Waals surface area contributed by atoms with Gasteiger partial charge in [-0.3, -0.25) is 4.90 Å². The molecule has 2 fully saturated rings. The molecule has 0 amide bonds. The summed E-state index contributed by atoms with van der Waals surface area (Å²) < 4.78 is 26.3. The molecule has 2 saturated heterocycles. The molecule has 19 heavy (non-hydrogen) atoms. The van der Waals surface area contributed by atoms with Crippen LogP contribution in [-0.2, 0) is 10.0 Å². The number of nitrogens with one attached hydrogen (secondary N) is 1. The topological polar surface area (TPSA) is 55.9 Å². The third-order valence-corrected chi connectivity index (χ3v) is 6.37. The maximum atomic E-state index is 12.3. The minimum Gasteiger partial charge on any atom is -0.314 e. The third-order valence-electron chi connectivity index (χ3n) is 4.10. The van der Waals surface area contributed by atoms with Crippen molar-refractivity contribution in [1.82, 2.24) is 19.4 Å². The zero-order valence-electron chi connectivity index (χ0n) is 12.0. The Labute approximate surface area is 116 Å². The molecule has 0 spiro atoms. The Morgan fingerprint density at radius 2 is 1.79 bits per heavy atom. The van der Waals surface area contributed by atoms with E-state index in [-0.39, 0.29) is 5.25 Å². The van der Waals surface area contributed by atoms with E-state index in [1.54, 1.807) is 11.2 Å². The van der Waals surface area contributed by atoms with Gasteiger partial charge in [-0.1, -0.05) is 0 Å². The zero-order chi connectivity index (χ0) is 13.9. The van der Waals surface area contributed by atoms with Crippen LogP contribution in [0.1, 0.15) is 6.92 Å². The first kappa shape index (κ1) is 15.2. The summed E-state index contributed by atoms with van der Waals surface area (Å²) in [5.74, 6) is 0. The van der Waals surface area contributed by atoms with Crippen LogP contribution in [0.3, 0.4) is 0 Å². The van der Waals surface area contributed by atoms with Gasteiger partial charge < -0.3 is 10.2 Å². The molecule has 2 aliphatic rings. The van der Waals surface area contributed by atoms with Crippen molar-refractivity contribution in [3.63, 3.8) is 0 Å². The Hall–Kier alpha value is -0.210. The van der Waals surface area contributed by atoms with Crippen LogP contribution < -0.4 is 5.32 Å². The summed E-state index contributed by atoms with van der Waals surface area (Å²) >= 11 is 0. The van der Waals surface area contributed by atoms with E-state index in [4.69, 9.17) is 0 Å². The van der Waals surface area contributed by atoms with E-state index >= 15 is 0 Å². The molecule has 0 aromatic rings. The molecule has 6 nitrogen and oxygen atoms in total. The minimum atomic E-state index is -3.12. The highest BCUT2D eigenvalue weighted by Crippen LogP contribution is 2.11. The normalized spacial score (nSPS) is 31.2.